The van der Waals surface area contributed by atoms with Crippen LogP contribution in [0.3, 0.4) is 0 Å². The first-order valence-electron chi connectivity index (χ1n) is 13.6. The molecule has 9 nitrogen and oxygen atoms in total. The lowest BCUT2D eigenvalue weighted by Gasteiger charge is -2.41. The highest BCUT2D eigenvalue weighted by Gasteiger charge is 2.73. The quantitative estimate of drug-likeness (QED) is 0.285. The second-order valence-corrected chi connectivity index (χ2v) is 15.7. The van der Waals surface area contributed by atoms with Gasteiger partial charge in [0.2, 0.25) is 0 Å². The van der Waals surface area contributed by atoms with E-state index in [-0.39, 0.29) is 77.1 Å². The average molecular weight is 539 g/mol. The lowest BCUT2D eigenvalue weighted by Crippen LogP contribution is -2.46. The predicted octanol–water partition coefficient (Wildman–Crippen LogP) is 2.57. The minimum absolute atomic E-state index is 0.0135. The molecular weight excluding hydrogens is 500 g/mol. The summed E-state index contributed by atoms with van der Waals surface area (Å²) in [5, 5.41) is -0.817. The summed E-state index contributed by atoms with van der Waals surface area (Å²) in [7, 11) is -2.46. The van der Waals surface area contributed by atoms with Crippen molar-refractivity contribution in [2.24, 2.45) is 64.1 Å². The lowest BCUT2D eigenvalue weighted by molar-refractivity contribution is -0.154. The van der Waals surface area contributed by atoms with Crippen molar-refractivity contribution in [3.8, 4) is 0 Å². The summed E-state index contributed by atoms with van der Waals surface area (Å²) in [6.45, 7) is 10.5. The molecule has 4 saturated carbocycles. The number of carbonyl (C=O) groups is 3. The summed E-state index contributed by atoms with van der Waals surface area (Å²) in [4.78, 5) is 38.5. The Balaban J connectivity index is 1.15. The number of hydrogen-bond acceptors (Lipinski definition) is 9. The standard InChI is InChI=1S/C27H38O9S/c1-26(2,3)18-12-10-14-21(18)36-37(31,32)22(14)17(12)24(29)34-8-7-27(4,5)19-11-9-13-16(15(11)23(28)33-6)25(30)35-20(13)19/h11-22H,7-10H2,1-6H3/t11?,12-,13?,14?,15?,16?,17?,18?,19?,20?,21?,22?/m1/s1. The van der Waals surface area contributed by atoms with Gasteiger partial charge in [-0.25, -0.2) is 0 Å². The molecule has 2 heterocycles. The fraction of sp³-hybridized carbons (Fsp3) is 0.889. The molecule has 0 aromatic heterocycles. The number of fused-ring (bicyclic) bond motifs is 2. The molecule has 37 heavy (non-hydrogen) atoms. The third-order valence-electron chi connectivity index (χ3n) is 10.9. The maximum absolute atomic E-state index is 13.4. The monoisotopic (exact) mass is 538 g/mol. The van der Waals surface area contributed by atoms with E-state index in [2.05, 4.69) is 34.6 Å². The largest absolute Gasteiger partial charge is 0.469 e. The SMILES string of the molecule is COC(=O)C1C2CC3C(OC(=O)C31)C2C(C)(C)CCOC(=O)C1C2C3C[C@H]1C(C(C)(C)C)C3OS2(=O)=O. The molecule has 2 saturated heterocycles. The highest BCUT2D eigenvalue weighted by atomic mass is 32.2. The number of carbonyl (C=O) groups excluding carboxylic acids is 3. The maximum Gasteiger partial charge on any atom is 0.310 e. The molecule has 6 aliphatic rings. The summed E-state index contributed by atoms with van der Waals surface area (Å²) in [5.74, 6) is -3.00. The Hall–Kier alpha value is -1.68. The van der Waals surface area contributed by atoms with Gasteiger partial charge in [0.05, 0.1) is 37.6 Å². The van der Waals surface area contributed by atoms with Gasteiger partial charge in [0.1, 0.15) is 11.4 Å². The smallest absolute Gasteiger partial charge is 0.310 e. The zero-order valence-electron chi connectivity index (χ0n) is 22.3. The first-order valence-corrected chi connectivity index (χ1v) is 15.0. The Morgan fingerprint density at radius 1 is 0.919 bits per heavy atom. The molecule has 0 amide bonds. The molecule has 206 valence electrons. The second-order valence-electron chi connectivity index (χ2n) is 14.0. The Morgan fingerprint density at radius 2 is 1.57 bits per heavy atom. The van der Waals surface area contributed by atoms with Crippen LogP contribution in [0.15, 0.2) is 0 Å². The summed E-state index contributed by atoms with van der Waals surface area (Å²) in [6.07, 6.45) is 1.37. The van der Waals surface area contributed by atoms with Gasteiger partial charge in [0, 0.05) is 17.8 Å². The van der Waals surface area contributed by atoms with Crippen molar-refractivity contribution < 1.29 is 41.2 Å². The number of ether oxygens (including phenoxy) is 3. The third-order valence-corrected chi connectivity index (χ3v) is 12.7. The van der Waals surface area contributed by atoms with Crippen LogP contribution in [-0.2, 0) is 42.9 Å². The van der Waals surface area contributed by atoms with E-state index in [1.807, 2.05) is 0 Å². The molecule has 0 spiro atoms. The molecule has 12 atom stereocenters. The van der Waals surface area contributed by atoms with Gasteiger partial charge in [-0.3, -0.25) is 18.6 Å². The number of esters is 3. The van der Waals surface area contributed by atoms with Crippen molar-refractivity contribution in [3.05, 3.63) is 0 Å². The van der Waals surface area contributed by atoms with Gasteiger partial charge in [0.25, 0.3) is 10.1 Å². The molecule has 10 heteroatoms. The van der Waals surface area contributed by atoms with Crippen molar-refractivity contribution in [3.63, 3.8) is 0 Å². The molecular formula is C27H38O9S. The van der Waals surface area contributed by atoms with Gasteiger partial charge in [-0.05, 0) is 47.8 Å². The van der Waals surface area contributed by atoms with Crippen LogP contribution in [0.4, 0.5) is 0 Å². The molecule has 2 aliphatic heterocycles. The van der Waals surface area contributed by atoms with E-state index in [9.17, 15) is 22.8 Å². The fourth-order valence-corrected chi connectivity index (χ4v) is 11.8. The zero-order valence-corrected chi connectivity index (χ0v) is 23.2. The summed E-state index contributed by atoms with van der Waals surface area (Å²) >= 11 is 0. The fourth-order valence-electron chi connectivity index (χ4n) is 9.71. The highest BCUT2D eigenvalue weighted by molar-refractivity contribution is 7.87. The number of rotatable bonds is 6. The zero-order chi connectivity index (χ0) is 26.8. The van der Waals surface area contributed by atoms with Gasteiger partial charge in [-0.15, -0.1) is 0 Å². The molecule has 0 N–H and O–H groups in total. The number of hydrogen-bond donors (Lipinski definition) is 0. The number of methoxy groups -OCH3 is 1. The van der Waals surface area contributed by atoms with Crippen LogP contribution >= 0.6 is 0 Å². The Kier molecular flexibility index (Phi) is 5.48. The third kappa shape index (κ3) is 3.42. The molecule has 6 rings (SSSR count). The molecule has 0 aromatic carbocycles. The van der Waals surface area contributed by atoms with E-state index in [4.69, 9.17) is 18.4 Å². The van der Waals surface area contributed by atoms with E-state index in [0.717, 1.165) is 6.42 Å². The first kappa shape index (κ1) is 25.6. The minimum atomic E-state index is -3.81. The summed E-state index contributed by atoms with van der Waals surface area (Å²) < 4.78 is 47.9. The molecule has 0 aromatic rings. The van der Waals surface area contributed by atoms with Gasteiger partial charge in [0.15, 0.2) is 0 Å². The highest BCUT2D eigenvalue weighted by Crippen LogP contribution is 2.66. The molecule has 11 unspecified atom stereocenters. The van der Waals surface area contributed by atoms with Gasteiger partial charge in [-0.2, -0.15) is 8.42 Å². The van der Waals surface area contributed by atoms with Crippen molar-refractivity contribution in [1.82, 2.24) is 0 Å². The Bertz CT molecular complexity index is 1140. The van der Waals surface area contributed by atoms with Crippen molar-refractivity contribution in [1.29, 1.82) is 0 Å². The first-order chi connectivity index (χ1) is 17.2. The van der Waals surface area contributed by atoms with Crippen LogP contribution in [0.25, 0.3) is 0 Å². The second kappa shape index (κ2) is 7.93. The van der Waals surface area contributed by atoms with Gasteiger partial charge >= 0.3 is 17.9 Å². The normalized spacial score (nSPS) is 46.4. The molecule has 4 bridgehead atoms. The predicted molar refractivity (Wildman–Crippen MR) is 129 cm³/mol. The van der Waals surface area contributed by atoms with E-state index in [1.54, 1.807) is 0 Å². The van der Waals surface area contributed by atoms with Gasteiger partial charge < -0.3 is 14.2 Å². The Morgan fingerprint density at radius 3 is 2.22 bits per heavy atom. The van der Waals surface area contributed by atoms with E-state index >= 15 is 0 Å². The van der Waals surface area contributed by atoms with Crippen LogP contribution in [0.5, 0.6) is 0 Å². The topological polar surface area (TPSA) is 122 Å². The van der Waals surface area contributed by atoms with Crippen LogP contribution < -0.4 is 0 Å². The maximum atomic E-state index is 13.4. The average Bonchev–Trinajstić information content (AvgIpc) is 3.56. The van der Waals surface area contributed by atoms with E-state index < -0.39 is 39.1 Å². The van der Waals surface area contributed by atoms with Crippen molar-refractivity contribution >= 4 is 28.0 Å². The van der Waals surface area contributed by atoms with Crippen molar-refractivity contribution in [2.75, 3.05) is 13.7 Å². The molecule has 6 fully saturated rings. The van der Waals surface area contributed by atoms with Crippen LogP contribution in [0.1, 0.15) is 53.9 Å². The lowest BCUT2D eigenvalue weighted by atomic mass is 9.63. The summed E-state index contributed by atoms with van der Waals surface area (Å²) in [5.41, 5.74) is -0.563. The summed E-state index contributed by atoms with van der Waals surface area (Å²) in [6, 6.07) is 0. The molecule has 4 aliphatic carbocycles. The minimum Gasteiger partial charge on any atom is -0.469 e. The Labute approximate surface area is 218 Å². The molecule has 0 radical (unpaired) electrons. The van der Waals surface area contributed by atoms with Crippen molar-refractivity contribution in [2.45, 2.75) is 71.3 Å². The van der Waals surface area contributed by atoms with Crippen LogP contribution in [0, 0.1) is 64.1 Å². The van der Waals surface area contributed by atoms with Crippen LogP contribution in [0.2, 0.25) is 0 Å². The van der Waals surface area contributed by atoms with Gasteiger partial charge in [-0.1, -0.05) is 34.6 Å². The van der Waals surface area contributed by atoms with E-state index in [1.165, 1.54) is 7.11 Å². The van der Waals surface area contributed by atoms with E-state index in [0.29, 0.717) is 12.8 Å². The van der Waals surface area contributed by atoms with Crippen LogP contribution in [-0.4, -0.2) is 57.5 Å².